The Kier molecular flexibility index (Phi) is 6.02. The maximum Gasteiger partial charge on any atom is 0.309 e. The summed E-state index contributed by atoms with van der Waals surface area (Å²) in [4.78, 5) is 11.2. The summed E-state index contributed by atoms with van der Waals surface area (Å²) in [6.07, 6.45) is 1.30. The van der Waals surface area contributed by atoms with Crippen molar-refractivity contribution >= 4 is 15.8 Å². The molecule has 0 amide bonds. The van der Waals surface area contributed by atoms with Crippen LogP contribution in [0.1, 0.15) is 18.9 Å². The number of hydrogen-bond donors (Lipinski definition) is 0. The lowest BCUT2D eigenvalue weighted by Gasteiger charge is -2.09. The van der Waals surface area contributed by atoms with Crippen molar-refractivity contribution in [2.24, 2.45) is 5.92 Å². The Morgan fingerprint density at radius 1 is 1.26 bits per heavy atom. The lowest BCUT2D eigenvalue weighted by Crippen LogP contribution is -2.24. The molecule has 1 aromatic rings. The summed E-state index contributed by atoms with van der Waals surface area (Å²) >= 11 is 0. The molecule has 0 aromatic heterocycles. The summed E-state index contributed by atoms with van der Waals surface area (Å²) in [5.74, 6) is -1.13. The van der Waals surface area contributed by atoms with E-state index in [0.717, 1.165) is 12.0 Å². The third kappa shape index (κ3) is 5.87. The second-order valence-electron chi connectivity index (χ2n) is 4.63. The predicted molar refractivity (Wildman–Crippen MR) is 74.6 cm³/mol. The number of ether oxygens (including phenoxy) is 1. The Morgan fingerprint density at radius 2 is 1.89 bits per heavy atom. The van der Waals surface area contributed by atoms with Gasteiger partial charge in [0, 0.05) is 0 Å². The summed E-state index contributed by atoms with van der Waals surface area (Å²) in [5, 5.41) is 0. The fraction of sp³-hybridized carbons (Fsp3) is 0.500. The van der Waals surface area contributed by atoms with Crippen LogP contribution >= 0.6 is 0 Å². The monoisotopic (exact) mass is 284 g/mol. The first-order chi connectivity index (χ1) is 8.94. The molecule has 1 atom stereocenters. The molecular formula is C14H20O4S. The molecule has 1 unspecified atom stereocenters. The third-order valence-corrected chi connectivity index (χ3v) is 4.79. The Bertz CT molecular complexity index is 493. The first kappa shape index (κ1) is 15.7. The Morgan fingerprint density at radius 3 is 2.47 bits per heavy atom. The van der Waals surface area contributed by atoms with Gasteiger partial charge in [0.1, 0.15) is 0 Å². The standard InChI is InChI=1S/C14H20O4S/c1-12(14(15)18-2)11-19(16,17)10-6-9-13-7-4-3-5-8-13/h3-5,7-8,12H,6,9-11H2,1-2H3. The van der Waals surface area contributed by atoms with Gasteiger partial charge < -0.3 is 4.74 Å². The van der Waals surface area contributed by atoms with E-state index < -0.39 is 21.7 Å². The maximum atomic E-state index is 11.8. The highest BCUT2D eigenvalue weighted by Crippen LogP contribution is 2.08. The van der Waals surface area contributed by atoms with Crippen LogP contribution in [0.25, 0.3) is 0 Å². The van der Waals surface area contributed by atoms with E-state index in [9.17, 15) is 13.2 Å². The fourth-order valence-electron chi connectivity index (χ4n) is 1.87. The highest BCUT2D eigenvalue weighted by Gasteiger charge is 2.21. The molecule has 1 aromatic carbocycles. The van der Waals surface area contributed by atoms with Crippen LogP contribution in [-0.4, -0.2) is 33.0 Å². The SMILES string of the molecule is COC(=O)C(C)CS(=O)(=O)CCCc1ccccc1. The van der Waals surface area contributed by atoms with E-state index in [0.29, 0.717) is 6.42 Å². The van der Waals surface area contributed by atoms with Gasteiger partial charge >= 0.3 is 5.97 Å². The molecule has 0 heterocycles. The predicted octanol–water partition coefficient (Wildman–Crippen LogP) is 1.84. The number of rotatable bonds is 7. The van der Waals surface area contributed by atoms with Crippen molar-refractivity contribution in [3.63, 3.8) is 0 Å². The molecule has 0 radical (unpaired) electrons. The van der Waals surface area contributed by atoms with Gasteiger partial charge in [-0.25, -0.2) is 8.42 Å². The van der Waals surface area contributed by atoms with Crippen molar-refractivity contribution in [1.82, 2.24) is 0 Å². The van der Waals surface area contributed by atoms with E-state index in [1.807, 2.05) is 30.3 Å². The van der Waals surface area contributed by atoms with Crippen LogP contribution in [0.5, 0.6) is 0 Å². The Labute approximate surface area is 114 Å². The number of aryl methyl sites for hydroxylation is 1. The molecule has 4 nitrogen and oxygen atoms in total. The first-order valence-electron chi connectivity index (χ1n) is 6.27. The molecule has 0 spiro atoms. The number of carbonyl (C=O) groups is 1. The molecule has 1 rings (SSSR count). The molecule has 0 aliphatic rings. The smallest absolute Gasteiger partial charge is 0.309 e. The van der Waals surface area contributed by atoms with Crippen LogP contribution in [0, 0.1) is 5.92 Å². The number of carbonyl (C=O) groups excluding carboxylic acids is 1. The molecule has 0 fully saturated rings. The molecule has 0 N–H and O–H groups in total. The van der Waals surface area contributed by atoms with Crippen molar-refractivity contribution in [2.45, 2.75) is 19.8 Å². The largest absolute Gasteiger partial charge is 0.469 e. The highest BCUT2D eigenvalue weighted by molar-refractivity contribution is 7.91. The van der Waals surface area contributed by atoms with Crippen LogP contribution in [0.3, 0.4) is 0 Å². The second kappa shape index (κ2) is 7.28. The minimum absolute atomic E-state index is 0.100. The van der Waals surface area contributed by atoms with Gasteiger partial charge in [-0.1, -0.05) is 37.3 Å². The number of benzene rings is 1. The zero-order valence-electron chi connectivity index (χ0n) is 11.3. The van der Waals surface area contributed by atoms with Gasteiger partial charge in [-0.3, -0.25) is 4.79 Å². The Balaban J connectivity index is 2.41. The maximum absolute atomic E-state index is 11.8. The van der Waals surface area contributed by atoms with Crippen LogP contribution in [0.15, 0.2) is 30.3 Å². The van der Waals surface area contributed by atoms with Crippen LogP contribution in [0.2, 0.25) is 0 Å². The first-order valence-corrected chi connectivity index (χ1v) is 8.09. The van der Waals surface area contributed by atoms with E-state index in [1.54, 1.807) is 6.92 Å². The van der Waals surface area contributed by atoms with E-state index in [-0.39, 0.29) is 11.5 Å². The van der Waals surface area contributed by atoms with Crippen molar-refractivity contribution in [3.05, 3.63) is 35.9 Å². The summed E-state index contributed by atoms with van der Waals surface area (Å²) in [7, 11) is -1.94. The lowest BCUT2D eigenvalue weighted by atomic mass is 10.1. The van der Waals surface area contributed by atoms with E-state index in [2.05, 4.69) is 4.74 Å². The molecule has 5 heteroatoms. The average molecular weight is 284 g/mol. The van der Waals surface area contributed by atoms with Gasteiger partial charge in [-0.2, -0.15) is 0 Å². The van der Waals surface area contributed by atoms with Crippen molar-refractivity contribution < 1.29 is 17.9 Å². The van der Waals surface area contributed by atoms with Crippen molar-refractivity contribution in [3.8, 4) is 0 Å². The molecule has 0 aliphatic heterocycles. The fourth-order valence-corrected chi connectivity index (χ4v) is 3.52. The minimum Gasteiger partial charge on any atom is -0.469 e. The summed E-state index contributed by atoms with van der Waals surface area (Å²) < 4.78 is 28.2. The molecule has 19 heavy (non-hydrogen) atoms. The van der Waals surface area contributed by atoms with Gasteiger partial charge in [0.25, 0.3) is 0 Å². The number of methoxy groups -OCH3 is 1. The molecule has 0 aliphatic carbocycles. The summed E-state index contributed by atoms with van der Waals surface area (Å²) in [5.41, 5.74) is 1.12. The third-order valence-electron chi connectivity index (χ3n) is 2.87. The van der Waals surface area contributed by atoms with Gasteiger partial charge in [0.2, 0.25) is 0 Å². The van der Waals surface area contributed by atoms with E-state index >= 15 is 0 Å². The van der Waals surface area contributed by atoms with Gasteiger partial charge in [-0.15, -0.1) is 0 Å². The normalized spacial score (nSPS) is 12.9. The minimum atomic E-state index is -3.21. The average Bonchev–Trinajstić information content (AvgIpc) is 2.38. The van der Waals surface area contributed by atoms with Gasteiger partial charge in [0.15, 0.2) is 9.84 Å². The number of sulfone groups is 1. The summed E-state index contributed by atoms with van der Waals surface area (Å²) in [6.45, 7) is 1.57. The molecule has 0 saturated heterocycles. The van der Waals surface area contributed by atoms with Crippen LogP contribution < -0.4 is 0 Å². The van der Waals surface area contributed by atoms with Gasteiger partial charge in [-0.05, 0) is 18.4 Å². The van der Waals surface area contributed by atoms with Crippen LogP contribution in [0.4, 0.5) is 0 Å². The summed E-state index contributed by atoms with van der Waals surface area (Å²) in [6, 6.07) is 9.75. The zero-order chi connectivity index (χ0) is 14.3. The molecule has 0 saturated carbocycles. The molecule has 0 bridgehead atoms. The number of esters is 1. The molecular weight excluding hydrogens is 264 g/mol. The topological polar surface area (TPSA) is 60.4 Å². The van der Waals surface area contributed by atoms with Gasteiger partial charge in [0.05, 0.1) is 24.5 Å². The lowest BCUT2D eigenvalue weighted by molar-refractivity contribution is -0.144. The highest BCUT2D eigenvalue weighted by atomic mass is 32.2. The van der Waals surface area contributed by atoms with Crippen LogP contribution in [-0.2, 0) is 25.8 Å². The molecule has 106 valence electrons. The van der Waals surface area contributed by atoms with Crippen molar-refractivity contribution in [1.29, 1.82) is 0 Å². The number of hydrogen-bond acceptors (Lipinski definition) is 4. The zero-order valence-corrected chi connectivity index (χ0v) is 12.2. The van der Waals surface area contributed by atoms with Crippen molar-refractivity contribution in [2.75, 3.05) is 18.6 Å². The van der Waals surface area contributed by atoms with E-state index in [1.165, 1.54) is 7.11 Å². The Hall–Kier alpha value is -1.36. The quantitative estimate of drug-likeness (QED) is 0.717. The van der Waals surface area contributed by atoms with E-state index in [4.69, 9.17) is 0 Å². The second-order valence-corrected chi connectivity index (χ2v) is 6.86.